The van der Waals surface area contributed by atoms with Crippen molar-refractivity contribution in [2.75, 3.05) is 13.1 Å². The molecule has 0 bridgehead atoms. The number of benzene rings is 1. The topological polar surface area (TPSA) is 25.2 Å². The van der Waals surface area contributed by atoms with Gasteiger partial charge in [0.1, 0.15) is 5.56 Å². The maximum atomic E-state index is 13.0. The van der Waals surface area contributed by atoms with Crippen molar-refractivity contribution in [3.8, 4) is 0 Å². The minimum atomic E-state index is -4.64. The van der Waals surface area contributed by atoms with E-state index in [1.165, 1.54) is 35.5 Å². The molecular weight excluding hydrogens is 389 g/mol. The van der Waals surface area contributed by atoms with E-state index in [0.29, 0.717) is 5.69 Å². The molecule has 0 unspecified atom stereocenters. The van der Waals surface area contributed by atoms with Gasteiger partial charge in [-0.2, -0.15) is 13.2 Å². The Morgan fingerprint density at radius 1 is 1.03 bits per heavy atom. The van der Waals surface area contributed by atoms with Crippen molar-refractivity contribution >= 4 is 6.08 Å². The molecule has 2 fully saturated rings. The highest BCUT2D eigenvalue weighted by molar-refractivity contribution is 5.53. The molecule has 0 atom stereocenters. The van der Waals surface area contributed by atoms with E-state index in [1.54, 1.807) is 6.92 Å². The highest BCUT2D eigenvalue weighted by Gasteiger charge is 2.34. The first kappa shape index (κ1) is 20.9. The van der Waals surface area contributed by atoms with Crippen LogP contribution < -0.4 is 5.56 Å². The van der Waals surface area contributed by atoms with Gasteiger partial charge >= 0.3 is 6.18 Å². The monoisotopic (exact) mass is 416 g/mol. The molecule has 1 aliphatic carbocycles. The lowest BCUT2D eigenvalue weighted by molar-refractivity contribution is -0.139. The standard InChI is InChI=1S/C24H27F3N2O/c1-17-5-10-22(24(25,26)27)23(30)29(17)16-20-8-6-18(7-9-20)15-19-11-13-28(14-12-19)21-3-2-4-21/h5-10,15,21H,2-4,11-14,16H2,1H3. The quantitative estimate of drug-likeness (QED) is 0.680. The molecule has 2 aromatic rings. The molecule has 1 saturated carbocycles. The molecule has 160 valence electrons. The van der Waals surface area contributed by atoms with Gasteiger partial charge in [0.15, 0.2) is 0 Å². The van der Waals surface area contributed by atoms with Crippen molar-refractivity contribution in [3.05, 3.63) is 74.7 Å². The molecule has 0 amide bonds. The number of aryl methyl sites for hydroxylation is 1. The van der Waals surface area contributed by atoms with Gasteiger partial charge in [-0.25, -0.2) is 0 Å². The first-order valence-electron chi connectivity index (χ1n) is 10.6. The number of hydrogen-bond donors (Lipinski definition) is 0. The van der Waals surface area contributed by atoms with Crippen molar-refractivity contribution in [1.82, 2.24) is 9.47 Å². The van der Waals surface area contributed by atoms with Gasteiger partial charge in [-0.3, -0.25) is 9.69 Å². The SMILES string of the molecule is Cc1ccc(C(F)(F)F)c(=O)n1Cc1ccc(C=C2CCN(C3CCC3)CC2)cc1. The molecule has 6 heteroatoms. The van der Waals surface area contributed by atoms with E-state index in [1.807, 2.05) is 24.3 Å². The Morgan fingerprint density at radius 2 is 1.70 bits per heavy atom. The van der Waals surface area contributed by atoms with Crippen LogP contribution in [0.4, 0.5) is 13.2 Å². The van der Waals surface area contributed by atoms with E-state index < -0.39 is 17.3 Å². The van der Waals surface area contributed by atoms with Gasteiger partial charge < -0.3 is 4.57 Å². The molecule has 30 heavy (non-hydrogen) atoms. The summed E-state index contributed by atoms with van der Waals surface area (Å²) in [5.41, 5.74) is 1.75. The predicted octanol–water partition coefficient (Wildman–Crippen LogP) is 5.26. The maximum absolute atomic E-state index is 13.0. The average molecular weight is 416 g/mol. The van der Waals surface area contributed by atoms with Gasteiger partial charge in [0.05, 0.1) is 6.54 Å². The van der Waals surface area contributed by atoms with Crippen LogP contribution in [0.15, 0.2) is 46.8 Å². The smallest absolute Gasteiger partial charge is 0.308 e. The van der Waals surface area contributed by atoms with Crippen LogP contribution in [0.25, 0.3) is 6.08 Å². The molecule has 1 aromatic heterocycles. The number of piperidine rings is 1. The van der Waals surface area contributed by atoms with Crippen molar-refractivity contribution < 1.29 is 13.2 Å². The third kappa shape index (κ3) is 4.53. The van der Waals surface area contributed by atoms with Crippen LogP contribution in [0.5, 0.6) is 0 Å². The fourth-order valence-corrected chi connectivity index (χ4v) is 4.29. The molecule has 2 heterocycles. The number of hydrogen-bond acceptors (Lipinski definition) is 2. The first-order chi connectivity index (χ1) is 14.3. The second kappa shape index (κ2) is 8.42. The highest BCUT2D eigenvalue weighted by atomic mass is 19.4. The Hall–Kier alpha value is -2.34. The van der Waals surface area contributed by atoms with E-state index in [0.717, 1.165) is 49.2 Å². The lowest BCUT2D eigenvalue weighted by Crippen LogP contribution is -2.43. The normalized spacial score (nSPS) is 18.3. The molecule has 0 radical (unpaired) electrons. The predicted molar refractivity (Wildman–Crippen MR) is 112 cm³/mol. The first-order valence-corrected chi connectivity index (χ1v) is 10.6. The fraction of sp³-hybridized carbons (Fsp3) is 0.458. The van der Waals surface area contributed by atoms with Gasteiger partial charge in [-0.15, -0.1) is 0 Å². The van der Waals surface area contributed by atoms with E-state index in [4.69, 9.17) is 0 Å². The number of pyridine rings is 1. The maximum Gasteiger partial charge on any atom is 0.421 e. The number of aromatic nitrogens is 1. The summed E-state index contributed by atoms with van der Waals surface area (Å²) in [5, 5.41) is 0. The molecule has 0 N–H and O–H groups in total. The minimum Gasteiger partial charge on any atom is -0.308 e. The zero-order valence-electron chi connectivity index (χ0n) is 17.2. The van der Waals surface area contributed by atoms with Crippen molar-refractivity contribution in [2.45, 2.75) is 57.8 Å². The number of likely N-dealkylation sites (tertiary alicyclic amines) is 1. The molecule has 0 spiro atoms. The van der Waals surface area contributed by atoms with E-state index >= 15 is 0 Å². The summed E-state index contributed by atoms with van der Waals surface area (Å²) in [7, 11) is 0. The third-order valence-electron chi connectivity index (χ3n) is 6.42. The Labute approximate surface area is 174 Å². The van der Waals surface area contributed by atoms with Crippen LogP contribution in [-0.4, -0.2) is 28.6 Å². The van der Waals surface area contributed by atoms with Gasteiger partial charge in [0.2, 0.25) is 0 Å². The number of rotatable bonds is 4. The summed E-state index contributed by atoms with van der Waals surface area (Å²) < 4.78 is 40.3. The van der Waals surface area contributed by atoms with Crippen LogP contribution in [0, 0.1) is 6.92 Å². The Kier molecular flexibility index (Phi) is 5.87. The zero-order valence-corrected chi connectivity index (χ0v) is 17.2. The second-order valence-electron chi connectivity index (χ2n) is 8.44. The largest absolute Gasteiger partial charge is 0.421 e. The fourth-order valence-electron chi connectivity index (χ4n) is 4.29. The molecule has 1 saturated heterocycles. The summed E-state index contributed by atoms with van der Waals surface area (Å²) in [6.45, 7) is 4.04. The van der Waals surface area contributed by atoms with Crippen molar-refractivity contribution in [1.29, 1.82) is 0 Å². The second-order valence-corrected chi connectivity index (χ2v) is 8.44. The summed E-state index contributed by atoms with van der Waals surface area (Å²) in [6, 6.07) is 10.7. The van der Waals surface area contributed by atoms with Gasteiger partial charge in [-0.05, 0) is 55.9 Å². The molecular formula is C24H27F3N2O. The lowest BCUT2D eigenvalue weighted by Gasteiger charge is -2.40. The average Bonchev–Trinajstić information content (AvgIpc) is 2.65. The Balaban J connectivity index is 1.44. The van der Waals surface area contributed by atoms with E-state index in [2.05, 4.69) is 11.0 Å². The summed E-state index contributed by atoms with van der Waals surface area (Å²) >= 11 is 0. The highest BCUT2D eigenvalue weighted by Crippen LogP contribution is 2.29. The number of alkyl halides is 3. The Morgan fingerprint density at radius 3 is 2.27 bits per heavy atom. The summed E-state index contributed by atoms with van der Waals surface area (Å²) in [5.74, 6) is 0. The lowest BCUT2D eigenvalue weighted by atomic mass is 9.89. The van der Waals surface area contributed by atoms with Crippen molar-refractivity contribution in [3.63, 3.8) is 0 Å². The van der Waals surface area contributed by atoms with Crippen LogP contribution in [0.2, 0.25) is 0 Å². The number of nitrogens with zero attached hydrogens (tertiary/aromatic N) is 2. The molecule has 4 rings (SSSR count). The van der Waals surface area contributed by atoms with E-state index in [-0.39, 0.29) is 6.54 Å². The molecule has 1 aliphatic heterocycles. The van der Waals surface area contributed by atoms with Gasteiger partial charge in [-0.1, -0.05) is 42.3 Å². The van der Waals surface area contributed by atoms with Crippen LogP contribution in [0.1, 0.15) is 54.5 Å². The van der Waals surface area contributed by atoms with Gasteiger partial charge in [0, 0.05) is 24.8 Å². The molecule has 1 aromatic carbocycles. The van der Waals surface area contributed by atoms with Crippen LogP contribution in [0.3, 0.4) is 0 Å². The number of halogens is 3. The molecule has 2 aliphatic rings. The van der Waals surface area contributed by atoms with Crippen molar-refractivity contribution in [2.24, 2.45) is 0 Å². The van der Waals surface area contributed by atoms with E-state index in [9.17, 15) is 18.0 Å². The minimum absolute atomic E-state index is 0.127. The zero-order chi connectivity index (χ0) is 21.3. The molecule has 3 nitrogen and oxygen atoms in total. The summed E-state index contributed by atoms with van der Waals surface area (Å²) in [6.07, 6.45) is 3.82. The summed E-state index contributed by atoms with van der Waals surface area (Å²) in [4.78, 5) is 14.9. The van der Waals surface area contributed by atoms with Crippen LogP contribution in [-0.2, 0) is 12.7 Å². The third-order valence-corrected chi connectivity index (χ3v) is 6.42. The van der Waals surface area contributed by atoms with Crippen LogP contribution >= 0.6 is 0 Å². The Bertz CT molecular complexity index is 975. The van der Waals surface area contributed by atoms with Gasteiger partial charge in [0.25, 0.3) is 5.56 Å².